The fourth-order valence-electron chi connectivity index (χ4n) is 7.67. The molecule has 1 aromatic rings. The van der Waals surface area contributed by atoms with Crippen LogP contribution in [0.2, 0.25) is 0 Å². The topological polar surface area (TPSA) is 129 Å². The summed E-state index contributed by atoms with van der Waals surface area (Å²) in [5.41, 5.74) is -0.612. The third kappa shape index (κ3) is 6.36. The Morgan fingerprint density at radius 2 is 1.74 bits per heavy atom. The molecule has 12 nitrogen and oxygen atoms in total. The normalized spacial score (nSPS) is 34.2. The minimum Gasteiger partial charge on any atom is -0.455 e. The van der Waals surface area contributed by atoms with E-state index in [1.807, 2.05) is 49.4 Å². The Kier molecular flexibility index (Phi) is 10.1. The highest BCUT2D eigenvalue weighted by atomic mass is 16.6. The number of amides is 3. The van der Waals surface area contributed by atoms with Gasteiger partial charge in [-0.25, -0.2) is 0 Å². The molecule has 3 amide bonds. The molecule has 12 heteroatoms. The molecule has 5 heterocycles. The number of ether oxygens (including phenoxy) is 3. The van der Waals surface area contributed by atoms with E-state index < -0.39 is 47.7 Å². The van der Waals surface area contributed by atoms with Crippen LogP contribution in [0.3, 0.4) is 0 Å². The van der Waals surface area contributed by atoms with Gasteiger partial charge in [-0.05, 0) is 25.3 Å². The van der Waals surface area contributed by atoms with Gasteiger partial charge < -0.3 is 34.0 Å². The number of morpholine rings is 1. The van der Waals surface area contributed by atoms with Gasteiger partial charge >= 0.3 is 5.97 Å². The second-order valence-corrected chi connectivity index (χ2v) is 13.1. The average Bonchev–Trinajstić information content (AvgIpc) is 3.74. The van der Waals surface area contributed by atoms with Crippen molar-refractivity contribution in [3.63, 3.8) is 0 Å². The molecule has 0 radical (unpaired) electrons. The van der Waals surface area contributed by atoms with E-state index in [9.17, 15) is 24.3 Å². The zero-order chi connectivity index (χ0) is 33.1. The van der Waals surface area contributed by atoms with E-state index in [-0.39, 0.29) is 50.3 Å². The van der Waals surface area contributed by atoms with Gasteiger partial charge in [-0.2, -0.15) is 0 Å². The molecule has 6 rings (SSSR count). The number of esters is 1. The van der Waals surface area contributed by atoms with Crippen molar-refractivity contribution < 1.29 is 38.5 Å². The van der Waals surface area contributed by atoms with Gasteiger partial charge in [0.1, 0.15) is 23.7 Å². The van der Waals surface area contributed by atoms with Gasteiger partial charge in [0.15, 0.2) is 0 Å². The summed E-state index contributed by atoms with van der Waals surface area (Å²) in [6.07, 6.45) is 6.86. The van der Waals surface area contributed by atoms with Crippen LogP contribution in [-0.4, -0.2) is 138 Å². The first kappa shape index (κ1) is 33.3. The van der Waals surface area contributed by atoms with Crippen LogP contribution in [0.1, 0.15) is 37.9 Å². The first-order valence-electron chi connectivity index (χ1n) is 16.8. The van der Waals surface area contributed by atoms with E-state index in [0.717, 1.165) is 18.7 Å². The predicted molar refractivity (Wildman–Crippen MR) is 171 cm³/mol. The van der Waals surface area contributed by atoms with Gasteiger partial charge in [-0.1, -0.05) is 54.6 Å². The van der Waals surface area contributed by atoms with Crippen molar-refractivity contribution in [2.24, 2.45) is 11.8 Å². The molecule has 0 aliphatic carbocycles. The Balaban J connectivity index is 1.37. The molecule has 7 atom stereocenters. The molecule has 5 aliphatic rings. The Labute approximate surface area is 275 Å². The van der Waals surface area contributed by atoms with Crippen LogP contribution < -0.4 is 0 Å². The summed E-state index contributed by atoms with van der Waals surface area (Å²) in [7, 11) is 1.71. The third-order valence-corrected chi connectivity index (χ3v) is 10.4. The van der Waals surface area contributed by atoms with Crippen molar-refractivity contribution in [1.29, 1.82) is 0 Å². The maximum atomic E-state index is 14.7. The Morgan fingerprint density at radius 3 is 2.49 bits per heavy atom. The van der Waals surface area contributed by atoms with Crippen molar-refractivity contribution in [3.05, 3.63) is 60.2 Å². The van der Waals surface area contributed by atoms with Crippen molar-refractivity contribution in [2.45, 2.75) is 56.1 Å². The van der Waals surface area contributed by atoms with E-state index in [2.05, 4.69) is 4.90 Å². The second-order valence-electron chi connectivity index (χ2n) is 13.1. The van der Waals surface area contributed by atoms with Gasteiger partial charge in [-0.15, -0.1) is 0 Å². The number of carbonyl (C=O) groups is 4. The number of nitrogens with zero attached hydrogens (tertiary/aromatic N) is 4. The van der Waals surface area contributed by atoms with E-state index in [1.165, 1.54) is 4.90 Å². The lowest BCUT2D eigenvalue weighted by atomic mass is 9.74. The van der Waals surface area contributed by atoms with Gasteiger partial charge in [0, 0.05) is 59.3 Å². The van der Waals surface area contributed by atoms with Crippen molar-refractivity contribution >= 4 is 23.7 Å². The van der Waals surface area contributed by atoms with E-state index >= 15 is 0 Å². The quantitative estimate of drug-likeness (QED) is 0.342. The molecule has 0 unspecified atom stereocenters. The van der Waals surface area contributed by atoms with Gasteiger partial charge in [0.2, 0.25) is 17.7 Å². The summed E-state index contributed by atoms with van der Waals surface area (Å²) >= 11 is 0. The van der Waals surface area contributed by atoms with Crippen molar-refractivity contribution in [3.8, 4) is 0 Å². The molecule has 5 aliphatic heterocycles. The minimum absolute atomic E-state index is 0.0948. The number of likely N-dealkylation sites (N-methyl/N-ethyl adjacent to an activating group) is 1. The molecular weight excluding hydrogens is 604 g/mol. The molecule has 0 saturated carbocycles. The number of rotatable bonds is 7. The van der Waals surface area contributed by atoms with Crippen LogP contribution in [0.25, 0.3) is 0 Å². The molecule has 1 spiro atoms. The highest BCUT2D eigenvalue weighted by molar-refractivity contribution is 5.99. The summed E-state index contributed by atoms with van der Waals surface area (Å²) in [6.45, 7) is 5.99. The lowest BCUT2D eigenvalue weighted by Gasteiger charge is -2.37. The molecular formula is C35H46N4O8. The molecule has 3 fully saturated rings. The lowest BCUT2D eigenvalue weighted by Crippen LogP contribution is -2.57. The van der Waals surface area contributed by atoms with Gasteiger partial charge in [-0.3, -0.25) is 24.1 Å². The van der Waals surface area contributed by atoms with Crippen LogP contribution in [0.4, 0.5) is 0 Å². The number of allylic oxidation sites excluding steroid dienone is 1. The van der Waals surface area contributed by atoms with E-state index in [1.54, 1.807) is 29.0 Å². The number of hydrogen-bond acceptors (Lipinski definition) is 9. The highest BCUT2D eigenvalue weighted by Gasteiger charge is 2.73. The smallest absolute Gasteiger partial charge is 0.313 e. The summed E-state index contributed by atoms with van der Waals surface area (Å²) in [5, 5.41) is 9.71. The van der Waals surface area contributed by atoms with Crippen LogP contribution >= 0.6 is 0 Å². The molecule has 1 aromatic carbocycles. The molecule has 3 saturated heterocycles. The fourth-order valence-corrected chi connectivity index (χ4v) is 7.67. The Bertz CT molecular complexity index is 1380. The van der Waals surface area contributed by atoms with E-state index in [4.69, 9.17) is 14.2 Å². The monoisotopic (exact) mass is 650 g/mol. The SMILES string of the molecule is C[C@H]1[C@H](c2ccccc2)OC(=O)[C@@H]2[C@H]3C(=O)N(CCCO)[C@H](C(=O)N(CCN4CCOCC4)C/C=C\CCC(=O)N1C)[C@]31C=C[C@H]2O1. The molecule has 254 valence electrons. The number of hydrogen-bond donors (Lipinski definition) is 1. The number of carbonyl (C=O) groups excluding carboxylic acids is 4. The second kappa shape index (κ2) is 14.3. The number of likely N-dealkylation sites (tertiary alicyclic amines) is 1. The largest absolute Gasteiger partial charge is 0.455 e. The fraction of sp³-hybridized carbons (Fsp3) is 0.600. The standard InChI is InChI=1S/C35H46N4O8/c1-24-30(25-10-5-3-6-11-25)46-34(44)28-26-13-14-35(47-26)29(28)32(42)39(16-9-21-40)31(35)33(43)38(18-17-37-19-22-45-23-20-37)15-8-4-7-12-27(41)36(24)2/h3-6,8,10-11,13-14,24,26,28-31,40H,7,9,12,15-23H2,1-2H3/b8-4-/t24-,26+,28-,29-,30+,31+,35-/m0/s1. The Hall–Kier alpha value is -3.58. The molecule has 0 aromatic heterocycles. The van der Waals surface area contributed by atoms with Crippen molar-refractivity contribution in [1.82, 2.24) is 19.6 Å². The summed E-state index contributed by atoms with van der Waals surface area (Å²) in [4.78, 5) is 63.6. The summed E-state index contributed by atoms with van der Waals surface area (Å²) in [5.74, 6) is -3.26. The number of fused-ring (bicyclic) bond motifs is 2. The zero-order valence-electron chi connectivity index (χ0n) is 27.2. The van der Waals surface area contributed by atoms with Gasteiger partial charge in [0.25, 0.3) is 0 Å². The maximum Gasteiger partial charge on any atom is 0.313 e. The lowest BCUT2D eigenvalue weighted by molar-refractivity contribution is -0.164. The molecule has 5 bridgehead atoms. The van der Waals surface area contributed by atoms with Crippen molar-refractivity contribution in [2.75, 3.05) is 66.1 Å². The minimum atomic E-state index is -1.34. The number of benzene rings is 1. The maximum absolute atomic E-state index is 14.7. The number of aliphatic hydroxyl groups is 1. The summed E-state index contributed by atoms with van der Waals surface area (Å²) in [6, 6.07) is 7.78. The van der Waals surface area contributed by atoms with Crippen LogP contribution in [0.5, 0.6) is 0 Å². The molecule has 1 N–H and O–H groups in total. The number of cyclic esters (lactones) is 1. The average molecular weight is 651 g/mol. The predicted octanol–water partition coefficient (Wildman–Crippen LogP) is 1.16. The van der Waals surface area contributed by atoms with Crippen LogP contribution in [0, 0.1) is 11.8 Å². The van der Waals surface area contributed by atoms with Crippen LogP contribution in [-0.2, 0) is 33.4 Å². The zero-order valence-corrected chi connectivity index (χ0v) is 27.2. The first-order valence-corrected chi connectivity index (χ1v) is 16.8. The number of aliphatic hydroxyl groups excluding tert-OH is 1. The van der Waals surface area contributed by atoms with Gasteiger partial charge in [0.05, 0.1) is 31.3 Å². The molecule has 47 heavy (non-hydrogen) atoms. The third-order valence-electron chi connectivity index (χ3n) is 10.4. The first-order chi connectivity index (χ1) is 22.8. The highest BCUT2D eigenvalue weighted by Crippen LogP contribution is 2.56. The Morgan fingerprint density at radius 1 is 0.979 bits per heavy atom. The summed E-state index contributed by atoms with van der Waals surface area (Å²) < 4.78 is 18.3. The van der Waals surface area contributed by atoms with E-state index in [0.29, 0.717) is 32.7 Å². The van der Waals surface area contributed by atoms with Crippen LogP contribution in [0.15, 0.2) is 54.6 Å².